The average Bonchev–Trinajstić information content (AvgIpc) is 2.73. The zero-order valence-corrected chi connectivity index (χ0v) is 14.2. The minimum Gasteiger partial charge on any atom is -0.335 e. The normalized spacial score (nSPS) is 14.5. The van der Waals surface area contributed by atoms with Crippen molar-refractivity contribution in [2.45, 2.75) is 0 Å². The fraction of sp³-hybridized carbons (Fsp3) is 0.200. The van der Waals surface area contributed by atoms with Crippen LogP contribution in [0.25, 0.3) is 10.8 Å². The maximum Gasteiger partial charge on any atom is 0.274 e. The van der Waals surface area contributed by atoms with Gasteiger partial charge in [-0.25, -0.2) is 4.98 Å². The van der Waals surface area contributed by atoms with E-state index in [2.05, 4.69) is 9.97 Å². The van der Waals surface area contributed by atoms with Crippen LogP contribution >= 0.6 is 0 Å². The second-order valence-corrected chi connectivity index (χ2v) is 6.20. The first-order chi connectivity index (χ1) is 12.7. The lowest BCUT2D eigenvalue weighted by molar-refractivity contribution is 0.0533. The predicted molar refractivity (Wildman–Crippen MR) is 97.8 cm³/mol. The summed E-state index contributed by atoms with van der Waals surface area (Å²) in [6.07, 6.45) is 4.51. The van der Waals surface area contributed by atoms with Crippen molar-refractivity contribution >= 4 is 22.6 Å². The molecule has 0 bridgehead atoms. The predicted octanol–water partition coefficient (Wildman–Crippen LogP) is 2.23. The van der Waals surface area contributed by atoms with Gasteiger partial charge in [-0.3, -0.25) is 14.6 Å². The zero-order chi connectivity index (χ0) is 17.9. The molecule has 1 saturated heterocycles. The summed E-state index contributed by atoms with van der Waals surface area (Å²) in [6, 6.07) is 13.7. The summed E-state index contributed by atoms with van der Waals surface area (Å²) >= 11 is 0. The Morgan fingerprint density at radius 1 is 0.808 bits per heavy atom. The number of fused-ring (bicyclic) bond motifs is 1. The lowest BCUT2D eigenvalue weighted by Crippen LogP contribution is -2.50. The number of nitrogens with zero attached hydrogens (tertiary/aromatic N) is 4. The standard InChI is InChI=1S/C20H18N4O2/c25-19(17-7-3-5-15-4-1-2-6-16(15)17)23-10-12-24(13-11-23)20(26)18-14-21-8-9-22-18/h1-9,14H,10-13H2. The third-order valence-electron chi connectivity index (χ3n) is 4.66. The van der Waals surface area contributed by atoms with Crippen LogP contribution in [0.1, 0.15) is 20.8 Å². The Hall–Kier alpha value is -3.28. The SMILES string of the molecule is O=C(c1cnccn1)N1CCN(C(=O)c2cccc3ccccc23)CC1. The molecule has 0 aliphatic carbocycles. The number of carbonyl (C=O) groups excluding carboxylic acids is 2. The lowest BCUT2D eigenvalue weighted by Gasteiger charge is -2.34. The number of hydrogen-bond donors (Lipinski definition) is 0. The first kappa shape index (κ1) is 16.2. The van der Waals surface area contributed by atoms with Crippen molar-refractivity contribution in [1.82, 2.24) is 19.8 Å². The van der Waals surface area contributed by atoms with Gasteiger partial charge in [0.25, 0.3) is 11.8 Å². The summed E-state index contributed by atoms with van der Waals surface area (Å²) in [4.78, 5) is 36.9. The van der Waals surface area contributed by atoms with Gasteiger partial charge in [0.15, 0.2) is 0 Å². The molecule has 4 rings (SSSR count). The Morgan fingerprint density at radius 3 is 2.23 bits per heavy atom. The van der Waals surface area contributed by atoms with E-state index in [-0.39, 0.29) is 11.8 Å². The van der Waals surface area contributed by atoms with Crippen LogP contribution in [-0.4, -0.2) is 57.8 Å². The summed E-state index contributed by atoms with van der Waals surface area (Å²) in [5.74, 6) is -0.135. The number of benzene rings is 2. The van der Waals surface area contributed by atoms with Gasteiger partial charge in [0.2, 0.25) is 0 Å². The van der Waals surface area contributed by atoms with E-state index >= 15 is 0 Å². The molecule has 0 unspecified atom stereocenters. The highest BCUT2D eigenvalue weighted by Crippen LogP contribution is 2.20. The van der Waals surface area contributed by atoms with Crippen molar-refractivity contribution in [3.63, 3.8) is 0 Å². The molecular weight excluding hydrogens is 328 g/mol. The second kappa shape index (κ2) is 6.92. The van der Waals surface area contributed by atoms with Crippen molar-refractivity contribution in [2.24, 2.45) is 0 Å². The minimum absolute atomic E-state index is 0.00778. The van der Waals surface area contributed by atoms with Gasteiger partial charge in [0, 0.05) is 44.1 Å². The van der Waals surface area contributed by atoms with E-state index in [0.717, 1.165) is 10.8 Å². The molecule has 1 aromatic heterocycles. The second-order valence-electron chi connectivity index (χ2n) is 6.20. The van der Waals surface area contributed by atoms with Gasteiger partial charge in [0.05, 0.1) is 6.20 Å². The van der Waals surface area contributed by atoms with Crippen molar-refractivity contribution in [3.05, 3.63) is 72.3 Å². The number of carbonyl (C=O) groups is 2. The molecule has 1 aliphatic heterocycles. The average molecular weight is 346 g/mol. The van der Waals surface area contributed by atoms with Gasteiger partial charge in [-0.15, -0.1) is 0 Å². The Balaban J connectivity index is 1.48. The van der Waals surface area contributed by atoms with Crippen molar-refractivity contribution in [2.75, 3.05) is 26.2 Å². The lowest BCUT2D eigenvalue weighted by atomic mass is 10.0. The number of amides is 2. The van der Waals surface area contributed by atoms with Crippen LogP contribution in [0.2, 0.25) is 0 Å². The van der Waals surface area contributed by atoms with E-state index in [4.69, 9.17) is 0 Å². The molecule has 130 valence electrons. The number of rotatable bonds is 2. The van der Waals surface area contributed by atoms with E-state index in [0.29, 0.717) is 37.4 Å². The number of piperazine rings is 1. The van der Waals surface area contributed by atoms with Gasteiger partial charge < -0.3 is 9.80 Å². The van der Waals surface area contributed by atoms with Crippen molar-refractivity contribution < 1.29 is 9.59 Å². The van der Waals surface area contributed by atoms with Crippen LogP contribution in [0.5, 0.6) is 0 Å². The molecule has 0 N–H and O–H groups in total. The van der Waals surface area contributed by atoms with Crippen LogP contribution in [0, 0.1) is 0 Å². The third kappa shape index (κ3) is 3.01. The fourth-order valence-electron chi connectivity index (χ4n) is 3.27. The van der Waals surface area contributed by atoms with E-state index in [1.54, 1.807) is 4.90 Å². The Bertz CT molecular complexity index is 945. The summed E-state index contributed by atoms with van der Waals surface area (Å²) < 4.78 is 0. The van der Waals surface area contributed by atoms with E-state index in [9.17, 15) is 9.59 Å². The Kier molecular flexibility index (Phi) is 4.31. The largest absolute Gasteiger partial charge is 0.335 e. The highest BCUT2D eigenvalue weighted by Gasteiger charge is 2.26. The van der Waals surface area contributed by atoms with Gasteiger partial charge >= 0.3 is 0 Å². The molecule has 26 heavy (non-hydrogen) atoms. The minimum atomic E-state index is -0.143. The van der Waals surface area contributed by atoms with E-state index in [1.807, 2.05) is 47.4 Å². The summed E-state index contributed by atoms with van der Waals surface area (Å²) in [7, 11) is 0. The molecule has 0 atom stereocenters. The summed E-state index contributed by atoms with van der Waals surface area (Å²) in [5, 5.41) is 2.01. The Morgan fingerprint density at radius 2 is 1.50 bits per heavy atom. The number of hydrogen-bond acceptors (Lipinski definition) is 4. The molecule has 1 fully saturated rings. The molecular formula is C20H18N4O2. The van der Waals surface area contributed by atoms with Gasteiger partial charge in [-0.05, 0) is 16.8 Å². The molecule has 2 aromatic carbocycles. The molecule has 3 aromatic rings. The van der Waals surface area contributed by atoms with Gasteiger partial charge in [-0.2, -0.15) is 0 Å². The fourth-order valence-corrected chi connectivity index (χ4v) is 3.27. The van der Waals surface area contributed by atoms with Crippen LogP contribution in [0.3, 0.4) is 0 Å². The smallest absolute Gasteiger partial charge is 0.274 e. The molecule has 6 nitrogen and oxygen atoms in total. The van der Waals surface area contributed by atoms with Crippen LogP contribution in [-0.2, 0) is 0 Å². The molecule has 2 heterocycles. The first-order valence-corrected chi connectivity index (χ1v) is 8.56. The summed E-state index contributed by atoms with van der Waals surface area (Å²) in [5.41, 5.74) is 1.04. The topological polar surface area (TPSA) is 66.4 Å². The highest BCUT2D eigenvalue weighted by atomic mass is 16.2. The van der Waals surface area contributed by atoms with Gasteiger partial charge in [-0.1, -0.05) is 36.4 Å². The summed E-state index contributed by atoms with van der Waals surface area (Å²) in [6.45, 7) is 2.00. The molecule has 0 spiro atoms. The number of aromatic nitrogens is 2. The van der Waals surface area contributed by atoms with E-state index < -0.39 is 0 Å². The van der Waals surface area contributed by atoms with Crippen LogP contribution < -0.4 is 0 Å². The van der Waals surface area contributed by atoms with Gasteiger partial charge in [0.1, 0.15) is 5.69 Å². The monoisotopic (exact) mass is 346 g/mol. The first-order valence-electron chi connectivity index (χ1n) is 8.56. The molecule has 0 saturated carbocycles. The maximum absolute atomic E-state index is 13.0. The van der Waals surface area contributed by atoms with Crippen molar-refractivity contribution in [3.8, 4) is 0 Å². The van der Waals surface area contributed by atoms with Crippen LogP contribution in [0.15, 0.2) is 61.1 Å². The molecule has 0 radical (unpaired) electrons. The highest BCUT2D eigenvalue weighted by molar-refractivity contribution is 6.07. The van der Waals surface area contributed by atoms with Crippen molar-refractivity contribution in [1.29, 1.82) is 0 Å². The Labute approximate surface area is 151 Å². The maximum atomic E-state index is 13.0. The molecule has 6 heteroatoms. The third-order valence-corrected chi connectivity index (χ3v) is 4.66. The van der Waals surface area contributed by atoms with E-state index in [1.165, 1.54) is 18.6 Å². The molecule has 1 aliphatic rings. The molecule has 2 amide bonds. The van der Waals surface area contributed by atoms with Crippen LogP contribution in [0.4, 0.5) is 0 Å². The quantitative estimate of drug-likeness (QED) is 0.714. The zero-order valence-electron chi connectivity index (χ0n) is 14.2.